The fourth-order valence-electron chi connectivity index (χ4n) is 5.26. The Kier molecular flexibility index (Phi) is 8.53. The monoisotopic (exact) mass is 571 g/mol. The number of sulfonamides is 1. The van der Waals surface area contributed by atoms with Gasteiger partial charge in [-0.15, -0.1) is 0 Å². The van der Waals surface area contributed by atoms with Gasteiger partial charge in [0.15, 0.2) is 5.04 Å². The lowest BCUT2D eigenvalue weighted by Crippen LogP contribution is -2.41. The Balaban J connectivity index is 1.83. The van der Waals surface area contributed by atoms with E-state index in [4.69, 9.17) is 9.72 Å². The molecule has 3 heterocycles. The van der Waals surface area contributed by atoms with Crippen molar-refractivity contribution in [3.63, 3.8) is 0 Å². The third-order valence-corrected chi connectivity index (χ3v) is 8.38. The van der Waals surface area contributed by atoms with Gasteiger partial charge in [-0.05, 0) is 75.3 Å². The first kappa shape index (κ1) is 29.5. The van der Waals surface area contributed by atoms with Crippen molar-refractivity contribution in [1.29, 1.82) is 0 Å². The van der Waals surface area contributed by atoms with Crippen molar-refractivity contribution >= 4 is 26.8 Å². The van der Waals surface area contributed by atoms with Crippen LogP contribution in [-0.4, -0.2) is 61.6 Å². The molecule has 2 aliphatic heterocycles. The minimum Gasteiger partial charge on any atom is -0.493 e. The molecular formula is C29H38FN5O4S. The van der Waals surface area contributed by atoms with E-state index in [9.17, 15) is 17.6 Å². The van der Waals surface area contributed by atoms with Crippen molar-refractivity contribution in [3.05, 3.63) is 54.4 Å². The van der Waals surface area contributed by atoms with Crippen LogP contribution in [0.3, 0.4) is 0 Å². The normalized spacial score (nSPS) is 22.1. The summed E-state index contributed by atoms with van der Waals surface area (Å²) < 4.78 is 48.6. The molecule has 0 radical (unpaired) electrons. The molecule has 1 amide bonds. The first-order chi connectivity index (χ1) is 18.8. The van der Waals surface area contributed by atoms with Crippen molar-refractivity contribution in [3.8, 4) is 17.0 Å². The van der Waals surface area contributed by atoms with Gasteiger partial charge in [0.2, 0.25) is 0 Å². The second-order valence-corrected chi connectivity index (χ2v) is 13.2. The molecule has 1 aromatic carbocycles. The number of nitrogens with one attached hydrogen (secondary N) is 1. The number of anilines is 1. The van der Waals surface area contributed by atoms with E-state index in [-0.39, 0.29) is 22.1 Å². The summed E-state index contributed by atoms with van der Waals surface area (Å²) in [6, 6.07) is 7.54. The van der Waals surface area contributed by atoms with Crippen LogP contribution in [0.2, 0.25) is 0 Å². The number of rotatable bonds is 5. The minimum absolute atomic E-state index is 0.0996. The number of hydrazone groups is 1. The van der Waals surface area contributed by atoms with Crippen molar-refractivity contribution in [2.75, 3.05) is 31.6 Å². The van der Waals surface area contributed by atoms with E-state index in [1.54, 1.807) is 24.2 Å². The number of fused-ring (bicyclic) bond motifs is 4. The molecule has 2 bridgehead atoms. The maximum atomic E-state index is 14.6. The lowest BCUT2D eigenvalue weighted by molar-refractivity contribution is 0.0982. The van der Waals surface area contributed by atoms with Gasteiger partial charge in [-0.1, -0.05) is 20.4 Å². The van der Waals surface area contributed by atoms with Crippen molar-refractivity contribution in [2.24, 2.45) is 16.9 Å². The summed E-state index contributed by atoms with van der Waals surface area (Å²) in [5.74, 6) is 0.0374. The van der Waals surface area contributed by atoms with E-state index in [1.165, 1.54) is 18.2 Å². The van der Waals surface area contributed by atoms with Crippen molar-refractivity contribution in [2.45, 2.75) is 52.5 Å². The SMILES string of the molecule is C=C/C1=N\N(C)CCC[C@@H]2CN(c3nc(-c4cc(F)cc(OCC(C)C)c4)ccc3C(=O)NS1(=O)=O)C(C)(C)C2. The van der Waals surface area contributed by atoms with Crippen LogP contribution in [0.4, 0.5) is 10.2 Å². The van der Waals surface area contributed by atoms with Crippen LogP contribution in [0.15, 0.2) is 48.1 Å². The molecule has 0 unspecified atom stereocenters. The molecule has 216 valence electrons. The molecule has 0 aliphatic carbocycles. The standard InChI is InChI=1S/C29H38FN5O4S/c1-7-26-32-34(6)12-8-9-20-16-29(4,5)35(17-20)27-24(28(36)33-40(26,37)38)10-11-25(31-27)21-13-22(30)15-23(14-21)39-18-19(2)3/h7,10-11,13-15,19-20H,1,8-9,12,16-18H2,2-6H3,(H,33,36)/b32-26+/t20-/m0/s1. The Labute approximate surface area is 236 Å². The predicted octanol–water partition coefficient (Wildman–Crippen LogP) is 4.81. The number of benzene rings is 1. The quantitative estimate of drug-likeness (QED) is 0.549. The highest BCUT2D eigenvalue weighted by Crippen LogP contribution is 2.40. The van der Waals surface area contributed by atoms with E-state index in [0.717, 1.165) is 25.3 Å². The minimum atomic E-state index is -4.30. The average Bonchev–Trinajstić information content (AvgIpc) is 3.18. The summed E-state index contributed by atoms with van der Waals surface area (Å²) in [4.78, 5) is 20.4. The van der Waals surface area contributed by atoms with Gasteiger partial charge in [0, 0.05) is 37.3 Å². The summed E-state index contributed by atoms with van der Waals surface area (Å²) in [7, 11) is -2.60. The number of pyridine rings is 1. The first-order valence-electron chi connectivity index (χ1n) is 13.5. The average molecular weight is 572 g/mol. The lowest BCUT2D eigenvalue weighted by Gasteiger charge is -2.34. The van der Waals surface area contributed by atoms with Gasteiger partial charge < -0.3 is 9.64 Å². The molecule has 40 heavy (non-hydrogen) atoms. The number of aromatic nitrogens is 1. The number of carbonyl (C=O) groups excluding carboxylic acids is 1. The van der Waals surface area contributed by atoms with Crippen LogP contribution < -0.4 is 14.4 Å². The van der Waals surface area contributed by atoms with Gasteiger partial charge in [0.1, 0.15) is 17.4 Å². The molecule has 11 heteroatoms. The lowest BCUT2D eigenvalue weighted by atomic mass is 9.93. The number of nitrogens with zero attached hydrogens (tertiary/aromatic N) is 4. The Morgan fingerprint density at radius 2 is 2.02 bits per heavy atom. The Morgan fingerprint density at radius 3 is 2.73 bits per heavy atom. The van der Waals surface area contributed by atoms with Gasteiger partial charge in [0.05, 0.1) is 17.9 Å². The van der Waals surface area contributed by atoms with Gasteiger partial charge in [-0.3, -0.25) is 9.80 Å². The van der Waals surface area contributed by atoms with Crippen LogP contribution >= 0.6 is 0 Å². The van der Waals surface area contributed by atoms with Gasteiger partial charge in [-0.2, -0.15) is 13.5 Å². The molecule has 9 nitrogen and oxygen atoms in total. The molecule has 2 aliphatic rings. The number of hydrogen-bond acceptors (Lipinski definition) is 8. The van der Waals surface area contributed by atoms with E-state index in [2.05, 4.69) is 35.1 Å². The summed E-state index contributed by atoms with van der Waals surface area (Å²) in [5, 5.41) is 5.38. The smallest absolute Gasteiger partial charge is 0.283 e. The number of amides is 1. The molecule has 0 spiro atoms. The maximum Gasteiger partial charge on any atom is 0.283 e. The molecule has 1 aromatic heterocycles. The number of halogens is 1. The van der Waals surface area contributed by atoms with Crippen LogP contribution in [0.25, 0.3) is 11.3 Å². The third-order valence-electron chi connectivity index (χ3n) is 7.13. The van der Waals surface area contributed by atoms with Crippen LogP contribution in [0, 0.1) is 17.7 Å². The zero-order chi connectivity index (χ0) is 29.2. The van der Waals surface area contributed by atoms with E-state index < -0.39 is 21.7 Å². The number of hydrogen-bond donors (Lipinski definition) is 1. The summed E-state index contributed by atoms with van der Waals surface area (Å²) >= 11 is 0. The summed E-state index contributed by atoms with van der Waals surface area (Å²) in [5.41, 5.74) is 0.680. The fourth-order valence-corrected chi connectivity index (χ4v) is 6.19. The second kappa shape index (κ2) is 11.6. The van der Waals surface area contributed by atoms with Crippen LogP contribution in [-0.2, 0) is 10.0 Å². The predicted molar refractivity (Wildman–Crippen MR) is 155 cm³/mol. The highest BCUT2D eigenvalue weighted by atomic mass is 32.2. The van der Waals surface area contributed by atoms with Crippen molar-refractivity contribution < 1.29 is 22.3 Å². The molecule has 1 N–H and O–H groups in total. The molecule has 1 fully saturated rings. The largest absolute Gasteiger partial charge is 0.493 e. The molecule has 4 rings (SSSR count). The second-order valence-electron chi connectivity index (χ2n) is 11.5. The molecule has 1 saturated heterocycles. The highest BCUT2D eigenvalue weighted by molar-refractivity contribution is 8.05. The highest BCUT2D eigenvalue weighted by Gasteiger charge is 2.41. The Morgan fingerprint density at radius 1 is 1.27 bits per heavy atom. The molecule has 0 saturated carbocycles. The van der Waals surface area contributed by atoms with Crippen LogP contribution in [0.5, 0.6) is 5.75 Å². The fraction of sp³-hybridized carbons (Fsp3) is 0.483. The van der Waals surface area contributed by atoms with Gasteiger partial charge in [0.25, 0.3) is 15.9 Å². The molecule has 1 atom stereocenters. The van der Waals surface area contributed by atoms with Crippen molar-refractivity contribution in [1.82, 2.24) is 14.7 Å². The van der Waals surface area contributed by atoms with E-state index in [1.807, 2.05) is 13.8 Å². The Bertz CT molecular complexity index is 1420. The van der Waals surface area contributed by atoms with Gasteiger partial charge >= 0.3 is 0 Å². The van der Waals surface area contributed by atoms with Crippen LogP contribution in [0.1, 0.15) is 57.3 Å². The first-order valence-corrected chi connectivity index (χ1v) is 15.0. The molecular weight excluding hydrogens is 533 g/mol. The summed E-state index contributed by atoms with van der Waals surface area (Å²) in [6.07, 6.45) is 3.70. The summed E-state index contributed by atoms with van der Waals surface area (Å²) in [6.45, 7) is 13.4. The van der Waals surface area contributed by atoms with E-state index >= 15 is 0 Å². The Hall–Kier alpha value is -3.47. The topological polar surface area (TPSA) is 104 Å². The zero-order valence-electron chi connectivity index (χ0n) is 23.8. The third kappa shape index (κ3) is 6.63. The van der Waals surface area contributed by atoms with E-state index in [0.29, 0.717) is 48.4 Å². The van der Waals surface area contributed by atoms with Gasteiger partial charge in [-0.25, -0.2) is 14.1 Å². The zero-order valence-corrected chi connectivity index (χ0v) is 24.6. The number of ether oxygens (including phenoxy) is 1. The maximum absolute atomic E-state index is 14.6. The molecule has 2 aromatic rings. The number of carbonyl (C=O) groups is 1.